The van der Waals surface area contributed by atoms with Crippen LogP contribution in [0.25, 0.3) is 0 Å². The van der Waals surface area contributed by atoms with E-state index in [1.165, 1.54) is 0 Å². The minimum atomic E-state index is -3.30. The smallest absolute Gasteiger partial charge is 0.332 e. The second kappa shape index (κ2) is 9.55. The van der Waals surface area contributed by atoms with Crippen LogP contribution in [0.3, 0.4) is 0 Å². The molecule has 2 atom stereocenters. The summed E-state index contributed by atoms with van der Waals surface area (Å²) in [6.45, 7) is 5.56. The number of aliphatic hydroxyl groups is 1. The summed E-state index contributed by atoms with van der Waals surface area (Å²) in [6, 6.07) is 6.56. The Morgan fingerprint density at radius 1 is 1.23 bits per heavy atom. The molecule has 0 aliphatic rings. The van der Waals surface area contributed by atoms with Crippen molar-refractivity contribution in [2.45, 2.75) is 31.7 Å². The van der Waals surface area contributed by atoms with Gasteiger partial charge < -0.3 is 14.2 Å². The molecule has 0 radical (unpaired) electrons. The van der Waals surface area contributed by atoms with Crippen molar-refractivity contribution in [3.05, 3.63) is 29.8 Å². The van der Waals surface area contributed by atoms with Crippen molar-refractivity contribution < 1.29 is 22.9 Å². The third-order valence-corrected chi connectivity index (χ3v) is 6.26. The van der Waals surface area contributed by atoms with E-state index in [0.29, 0.717) is 4.90 Å². The lowest BCUT2D eigenvalue weighted by atomic mass is 10.2. The molecule has 0 aromatic heterocycles. The Labute approximate surface area is 134 Å². The van der Waals surface area contributed by atoms with Gasteiger partial charge in [0.2, 0.25) is 0 Å². The number of aryl methyl sites for hydroxylation is 1. The summed E-state index contributed by atoms with van der Waals surface area (Å²) in [7, 11) is -4.81. The summed E-state index contributed by atoms with van der Waals surface area (Å²) < 4.78 is 37.8. The molecular formula is C14H24NO5PS. The van der Waals surface area contributed by atoms with Crippen LogP contribution < -0.4 is 4.72 Å². The molecule has 0 aliphatic carbocycles. The van der Waals surface area contributed by atoms with Crippen molar-refractivity contribution in [3.8, 4) is 0 Å². The third kappa shape index (κ3) is 6.28. The van der Waals surface area contributed by atoms with Crippen molar-refractivity contribution >= 4 is 18.6 Å². The largest absolute Gasteiger partial charge is 0.395 e. The van der Waals surface area contributed by atoms with E-state index < -0.39 is 24.6 Å². The number of hydrogen-bond acceptors (Lipinski definition) is 5. The van der Waals surface area contributed by atoms with E-state index in [1.807, 2.05) is 19.1 Å². The summed E-state index contributed by atoms with van der Waals surface area (Å²) in [4.78, 5) is 0.590. The maximum atomic E-state index is 12.5. The summed E-state index contributed by atoms with van der Waals surface area (Å²) in [5.41, 5.74) is 1.07. The predicted octanol–water partition coefficient (Wildman–Crippen LogP) is 2.23. The average molecular weight is 349 g/mol. The van der Waals surface area contributed by atoms with Gasteiger partial charge in [-0.2, -0.15) is 0 Å². The molecule has 0 heterocycles. The number of aliphatic hydroxyl groups excluding tert-OH is 1. The van der Waals surface area contributed by atoms with Gasteiger partial charge in [-0.15, -0.1) is 0 Å². The van der Waals surface area contributed by atoms with E-state index in [2.05, 4.69) is 4.72 Å². The molecular weight excluding hydrogens is 325 g/mol. The normalized spacial score (nSPS) is 14.7. The molecule has 0 fully saturated rings. The minimum Gasteiger partial charge on any atom is -0.395 e. The molecule has 0 saturated carbocycles. The first-order chi connectivity index (χ1) is 10.4. The topological polar surface area (TPSA) is 84.9 Å². The second-order valence-electron chi connectivity index (χ2n) is 4.71. The first-order valence-corrected chi connectivity index (χ1v) is 10.1. The molecule has 1 rings (SSSR count). The van der Waals surface area contributed by atoms with Crippen molar-refractivity contribution in [1.29, 1.82) is 0 Å². The van der Waals surface area contributed by atoms with Crippen LogP contribution in [0.1, 0.15) is 19.4 Å². The van der Waals surface area contributed by atoms with Gasteiger partial charge in [-0.05, 0) is 32.9 Å². The molecule has 0 aliphatic heterocycles. The summed E-state index contributed by atoms with van der Waals surface area (Å²) in [5.74, 6) is 0. The molecule has 1 aromatic carbocycles. The zero-order chi connectivity index (χ0) is 16.6. The molecule has 22 heavy (non-hydrogen) atoms. The molecule has 0 saturated heterocycles. The molecule has 2 N–H and O–H groups in total. The lowest BCUT2D eigenvalue weighted by molar-refractivity contribution is 0.209. The fraction of sp³-hybridized carbons (Fsp3) is 0.571. The van der Waals surface area contributed by atoms with E-state index in [9.17, 15) is 13.9 Å². The number of rotatable bonds is 10. The zero-order valence-electron chi connectivity index (χ0n) is 13.2. The molecule has 8 heteroatoms. The van der Waals surface area contributed by atoms with Gasteiger partial charge in [-0.3, -0.25) is 4.57 Å². The Bertz CT molecular complexity index is 512. The minimum absolute atomic E-state index is 0.0389. The lowest BCUT2D eigenvalue weighted by Gasteiger charge is -2.22. The highest BCUT2D eigenvalue weighted by Crippen LogP contribution is 2.48. The third-order valence-electron chi connectivity index (χ3n) is 2.82. The highest BCUT2D eigenvalue weighted by molar-refractivity contribution is 7.83. The standard InChI is InChI=1S/C14H24NO5PS/c1-4-19-21(17,20-5-2)11-13(10-16)15-22(18)14-8-6-12(3)7-9-14/h6-9,13,15-16H,4-5,10-11H2,1-3H3/t13-,22+/m1/s1. The highest BCUT2D eigenvalue weighted by atomic mass is 32.2. The van der Waals surface area contributed by atoms with Crippen LogP contribution in [0.2, 0.25) is 0 Å². The van der Waals surface area contributed by atoms with Crippen molar-refractivity contribution in [2.24, 2.45) is 0 Å². The van der Waals surface area contributed by atoms with Gasteiger partial charge in [0.05, 0.1) is 36.9 Å². The molecule has 0 amide bonds. The van der Waals surface area contributed by atoms with Crippen LogP contribution >= 0.6 is 7.60 Å². The summed E-state index contributed by atoms with van der Waals surface area (Å²) in [5, 5.41) is 9.44. The fourth-order valence-corrected chi connectivity index (χ4v) is 4.74. The Hall–Kier alpha value is -0.560. The summed E-state index contributed by atoms with van der Waals surface area (Å²) in [6.07, 6.45) is -0.0389. The van der Waals surface area contributed by atoms with Gasteiger partial charge in [0.15, 0.2) is 0 Å². The molecule has 0 spiro atoms. The van der Waals surface area contributed by atoms with Gasteiger partial charge in [0.1, 0.15) is 11.0 Å². The van der Waals surface area contributed by atoms with E-state index >= 15 is 0 Å². The van der Waals surface area contributed by atoms with Crippen LogP contribution in [0.15, 0.2) is 29.2 Å². The first kappa shape index (κ1) is 19.5. The summed E-state index contributed by atoms with van der Waals surface area (Å²) >= 11 is 0. The van der Waals surface area contributed by atoms with Crippen LogP contribution in [0.5, 0.6) is 0 Å². The van der Waals surface area contributed by atoms with Gasteiger partial charge in [0.25, 0.3) is 0 Å². The van der Waals surface area contributed by atoms with E-state index in [4.69, 9.17) is 9.05 Å². The fourth-order valence-electron chi connectivity index (χ4n) is 1.82. The lowest BCUT2D eigenvalue weighted by Crippen LogP contribution is -2.37. The van der Waals surface area contributed by atoms with E-state index in [1.54, 1.807) is 26.0 Å². The van der Waals surface area contributed by atoms with Crippen LogP contribution in [-0.4, -0.2) is 41.3 Å². The molecule has 1 aromatic rings. The molecule has 126 valence electrons. The monoisotopic (exact) mass is 349 g/mol. The van der Waals surface area contributed by atoms with Gasteiger partial charge in [0, 0.05) is 0 Å². The Morgan fingerprint density at radius 2 is 1.77 bits per heavy atom. The van der Waals surface area contributed by atoms with Crippen molar-refractivity contribution in [1.82, 2.24) is 4.72 Å². The van der Waals surface area contributed by atoms with Crippen molar-refractivity contribution in [2.75, 3.05) is 26.0 Å². The van der Waals surface area contributed by atoms with Crippen LogP contribution in [-0.2, 0) is 24.6 Å². The maximum absolute atomic E-state index is 12.5. The average Bonchev–Trinajstić information content (AvgIpc) is 2.47. The zero-order valence-corrected chi connectivity index (χ0v) is 14.9. The maximum Gasteiger partial charge on any atom is 0.332 e. The van der Waals surface area contributed by atoms with Crippen molar-refractivity contribution in [3.63, 3.8) is 0 Å². The second-order valence-corrected chi connectivity index (χ2v) is 8.06. The van der Waals surface area contributed by atoms with Gasteiger partial charge >= 0.3 is 7.60 Å². The van der Waals surface area contributed by atoms with E-state index in [0.717, 1.165) is 5.56 Å². The Kier molecular flexibility index (Phi) is 8.46. The molecule has 0 bridgehead atoms. The van der Waals surface area contributed by atoms with E-state index in [-0.39, 0.29) is 26.0 Å². The quantitative estimate of drug-likeness (QED) is 0.633. The van der Waals surface area contributed by atoms with Gasteiger partial charge in [-0.1, -0.05) is 17.7 Å². The number of benzene rings is 1. The van der Waals surface area contributed by atoms with Gasteiger partial charge in [-0.25, -0.2) is 8.93 Å². The molecule has 0 unspecified atom stereocenters. The highest BCUT2D eigenvalue weighted by Gasteiger charge is 2.29. The molecule has 6 nitrogen and oxygen atoms in total. The van der Waals surface area contributed by atoms with Crippen LogP contribution in [0.4, 0.5) is 0 Å². The number of nitrogens with one attached hydrogen (secondary N) is 1. The number of hydrogen-bond donors (Lipinski definition) is 2. The predicted molar refractivity (Wildman–Crippen MR) is 87.3 cm³/mol. The Morgan fingerprint density at radius 3 is 2.23 bits per heavy atom. The van der Waals surface area contributed by atoms with Crippen LogP contribution in [0, 0.1) is 6.92 Å². The first-order valence-electron chi connectivity index (χ1n) is 7.17. The Balaban J connectivity index is 2.73. The SMILES string of the molecule is CCOP(=O)(C[C@@H](CO)N[S@@](=O)c1ccc(C)cc1)OCC.